The van der Waals surface area contributed by atoms with E-state index in [4.69, 9.17) is 4.98 Å². The van der Waals surface area contributed by atoms with E-state index in [-0.39, 0.29) is 18.2 Å². The number of nitrogens with zero attached hydrogens (tertiary/aromatic N) is 2. The first-order chi connectivity index (χ1) is 14.1. The Morgan fingerprint density at radius 1 is 1.03 bits per heavy atom. The third-order valence-corrected chi connectivity index (χ3v) is 6.24. The van der Waals surface area contributed by atoms with Crippen molar-refractivity contribution in [2.75, 3.05) is 0 Å². The molecule has 1 N–H and O–H groups in total. The Balaban J connectivity index is 1.41. The molecule has 0 aliphatic carbocycles. The number of aromatic nitrogens is 1. The van der Waals surface area contributed by atoms with E-state index in [1.807, 2.05) is 47.8 Å². The maximum absolute atomic E-state index is 12.8. The van der Waals surface area contributed by atoms with Crippen LogP contribution in [0.25, 0.3) is 21.8 Å². The van der Waals surface area contributed by atoms with Gasteiger partial charge in [0.05, 0.1) is 5.69 Å². The number of imide groups is 1. The van der Waals surface area contributed by atoms with E-state index in [1.54, 1.807) is 22.3 Å². The molecule has 2 aliphatic rings. The monoisotopic (exact) mass is 403 g/mol. The van der Waals surface area contributed by atoms with Gasteiger partial charge < -0.3 is 4.90 Å². The van der Waals surface area contributed by atoms with Crippen molar-refractivity contribution in [1.29, 1.82) is 0 Å². The summed E-state index contributed by atoms with van der Waals surface area (Å²) in [6.45, 7) is 0.365. The van der Waals surface area contributed by atoms with Gasteiger partial charge in [-0.3, -0.25) is 19.7 Å². The van der Waals surface area contributed by atoms with Gasteiger partial charge >= 0.3 is 0 Å². The quantitative estimate of drug-likeness (QED) is 0.681. The summed E-state index contributed by atoms with van der Waals surface area (Å²) in [7, 11) is 0. The fraction of sp³-hybridized carbons (Fsp3) is 0.182. The maximum atomic E-state index is 12.8. The fourth-order valence-electron chi connectivity index (χ4n) is 3.85. The summed E-state index contributed by atoms with van der Waals surface area (Å²) >= 11 is 1.58. The van der Waals surface area contributed by atoms with E-state index in [0.29, 0.717) is 18.5 Å². The molecule has 3 amide bonds. The largest absolute Gasteiger partial charge is 0.322 e. The molecule has 0 spiro atoms. The molecule has 0 saturated carbocycles. The van der Waals surface area contributed by atoms with Crippen molar-refractivity contribution in [3.8, 4) is 21.8 Å². The minimum atomic E-state index is -0.597. The molecule has 1 unspecified atom stereocenters. The van der Waals surface area contributed by atoms with Gasteiger partial charge in [0.15, 0.2) is 0 Å². The highest BCUT2D eigenvalue weighted by atomic mass is 32.1. The molecule has 0 radical (unpaired) electrons. The van der Waals surface area contributed by atoms with Gasteiger partial charge in [0, 0.05) is 35.0 Å². The zero-order valence-electron chi connectivity index (χ0n) is 15.4. The summed E-state index contributed by atoms with van der Waals surface area (Å²) in [4.78, 5) is 42.7. The molecule has 2 aliphatic heterocycles. The van der Waals surface area contributed by atoms with Crippen LogP contribution in [0.3, 0.4) is 0 Å². The van der Waals surface area contributed by atoms with Gasteiger partial charge in [0.2, 0.25) is 11.8 Å². The van der Waals surface area contributed by atoms with Crippen LogP contribution in [0.4, 0.5) is 0 Å². The third-order valence-electron chi connectivity index (χ3n) is 5.34. The molecule has 1 fully saturated rings. The highest BCUT2D eigenvalue weighted by Gasteiger charge is 2.39. The summed E-state index contributed by atoms with van der Waals surface area (Å²) in [6.07, 6.45) is 0.618. The van der Waals surface area contributed by atoms with Crippen LogP contribution in [0, 0.1) is 0 Å². The van der Waals surface area contributed by atoms with Crippen LogP contribution in [0.2, 0.25) is 0 Å². The van der Waals surface area contributed by atoms with Crippen LogP contribution in [-0.2, 0) is 16.1 Å². The van der Waals surface area contributed by atoms with Gasteiger partial charge in [0.25, 0.3) is 5.91 Å². The normalized spacial score (nSPS) is 18.7. The zero-order valence-corrected chi connectivity index (χ0v) is 16.2. The molecule has 3 aromatic rings. The molecule has 1 saturated heterocycles. The highest BCUT2D eigenvalue weighted by Crippen LogP contribution is 2.33. The summed E-state index contributed by atoms with van der Waals surface area (Å²) < 4.78 is 0. The molecule has 7 heteroatoms. The lowest BCUT2D eigenvalue weighted by atomic mass is 10.0. The number of fused-ring (bicyclic) bond motifs is 1. The van der Waals surface area contributed by atoms with Gasteiger partial charge in [0.1, 0.15) is 11.0 Å². The number of piperidine rings is 1. The van der Waals surface area contributed by atoms with E-state index in [2.05, 4.69) is 5.32 Å². The Labute approximate surface area is 171 Å². The first kappa shape index (κ1) is 17.8. The average Bonchev–Trinajstić information content (AvgIpc) is 3.34. The smallest absolute Gasteiger partial charge is 0.255 e. The first-order valence-corrected chi connectivity index (χ1v) is 10.3. The van der Waals surface area contributed by atoms with E-state index in [0.717, 1.165) is 27.4 Å². The SMILES string of the molecule is O=C1CCC(N2Cc3cc(-c4csc(-c5ccccc5)n4)ccc3C2=O)C(=O)N1. The van der Waals surface area contributed by atoms with E-state index in [1.165, 1.54) is 0 Å². The summed E-state index contributed by atoms with van der Waals surface area (Å²) in [5.41, 5.74) is 4.37. The lowest BCUT2D eigenvalue weighted by molar-refractivity contribution is -0.136. The van der Waals surface area contributed by atoms with Crippen molar-refractivity contribution in [2.45, 2.75) is 25.4 Å². The van der Waals surface area contributed by atoms with Gasteiger partial charge in [-0.25, -0.2) is 4.98 Å². The van der Waals surface area contributed by atoms with Crippen LogP contribution in [0.1, 0.15) is 28.8 Å². The number of rotatable bonds is 3. The number of hydrogen-bond donors (Lipinski definition) is 1. The summed E-state index contributed by atoms with van der Waals surface area (Å²) in [5, 5.41) is 5.29. The maximum Gasteiger partial charge on any atom is 0.255 e. The predicted octanol–water partition coefficient (Wildman–Crippen LogP) is 3.24. The van der Waals surface area contributed by atoms with Gasteiger partial charge in [-0.05, 0) is 24.1 Å². The average molecular weight is 403 g/mol. The molecule has 1 aromatic heterocycles. The number of nitrogens with one attached hydrogen (secondary N) is 1. The Kier molecular flexibility index (Phi) is 4.24. The van der Waals surface area contributed by atoms with Crippen LogP contribution in [0.15, 0.2) is 53.9 Å². The molecule has 0 bridgehead atoms. The fourth-order valence-corrected chi connectivity index (χ4v) is 4.69. The lowest BCUT2D eigenvalue weighted by Crippen LogP contribution is -2.52. The van der Waals surface area contributed by atoms with Gasteiger partial charge in [-0.1, -0.05) is 36.4 Å². The first-order valence-electron chi connectivity index (χ1n) is 9.39. The number of thiazole rings is 1. The third kappa shape index (κ3) is 3.13. The predicted molar refractivity (Wildman–Crippen MR) is 109 cm³/mol. The van der Waals surface area contributed by atoms with Gasteiger partial charge in [-0.15, -0.1) is 11.3 Å². The number of hydrogen-bond acceptors (Lipinski definition) is 5. The Morgan fingerprint density at radius 2 is 1.86 bits per heavy atom. The Hall–Kier alpha value is -3.32. The molecule has 144 valence electrons. The molecule has 29 heavy (non-hydrogen) atoms. The zero-order chi connectivity index (χ0) is 20.0. The highest BCUT2D eigenvalue weighted by molar-refractivity contribution is 7.13. The van der Waals surface area contributed by atoms with Crippen molar-refractivity contribution in [1.82, 2.24) is 15.2 Å². The Morgan fingerprint density at radius 3 is 2.66 bits per heavy atom. The number of benzene rings is 2. The molecular formula is C22H17N3O3S. The van der Waals surface area contributed by atoms with E-state index >= 15 is 0 Å². The Bertz CT molecular complexity index is 1140. The number of carbonyl (C=O) groups is 3. The molecule has 3 heterocycles. The topological polar surface area (TPSA) is 79.4 Å². The van der Waals surface area contributed by atoms with Crippen molar-refractivity contribution in [3.05, 3.63) is 65.0 Å². The molecule has 1 atom stereocenters. The summed E-state index contributed by atoms with van der Waals surface area (Å²) in [6, 6.07) is 15.1. The minimum absolute atomic E-state index is 0.163. The standard InChI is InChI=1S/C22H17N3O3S/c26-19-9-8-18(20(27)24-19)25-11-15-10-14(6-7-16(15)22(25)28)17-12-29-21(23-17)13-4-2-1-3-5-13/h1-7,10,12,18H,8-9,11H2,(H,24,26,27). The van der Waals surface area contributed by atoms with Crippen LogP contribution in [0.5, 0.6) is 0 Å². The second kappa shape index (κ2) is 6.93. The number of amides is 3. The molecule has 2 aromatic carbocycles. The summed E-state index contributed by atoms with van der Waals surface area (Å²) in [5.74, 6) is -0.839. The van der Waals surface area contributed by atoms with Gasteiger partial charge in [-0.2, -0.15) is 0 Å². The molecule has 6 nitrogen and oxygen atoms in total. The minimum Gasteiger partial charge on any atom is -0.322 e. The second-order valence-corrected chi connectivity index (χ2v) is 8.03. The van der Waals surface area contributed by atoms with E-state index < -0.39 is 11.9 Å². The van der Waals surface area contributed by atoms with Crippen LogP contribution in [-0.4, -0.2) is 33.6 Å². The van der Waals surface area contributed by atoms with Crippen molar-refractivity contribution >= 4 is 29.1 Å². The lowest BCUT2D eigenvalue weighted by Gasteiger charge is -2.29. The second-order valence-electron chi connectivity index (χ2n) is 7.18. The molecular weight excluding hydrogens is 386 g/mol. The van der Waals surface area contributed by atoms with Crippen molar-refractivity contribution in [3.63, 3.8) is 0 Å². The number of carbonyl (C=O) groups excluding carboxylic acids is 3. The molecule has 5 rings (SSSR count). The van der Waals surface area contributed by atoms with Crippen LogP contribution < -0.4 is 5.32 Å². The van der Waals surface area contributed by atoms with Crippen LogP contribution >= 0.6 is 11.3 Å². The van der Waals surface area contributed by atoms with Crippen molar-refractivity contribution in [2.24, 2.45) is 0 Å². The van der Waals surface area contributed by atoms with E-state index in [9.17, 15) is 14.4 Å². The van der Waals surface area contributed by atoms with Crippen molar-refractivity contribution < 1.29 is 14.4 Å².